The van der Waals surface area contributed by atoms with Crippen molar-refractivity contribution in [3.05, 3.63) is 231 Å². The van der Waals surface area contributed by atoms with Crippen molar-refractivity contribution in [2.45, 2.75) is 0 Å². The van der Waals surface area contributed by atoms with Crippen molar-refractivity contribution in [2.75, 3.05) is 4.90 Å². The number of benzene rings is 10. The van der Waals surface area contributed by atoms with E-state index in [4.69, 9.17) is 4.42 Å². The molecule has 0 aliphatic carbocycles. The molecule has 286 valence electrons. The van der Waals surface area contributed by atoms with E-state index in [2.05, 4.69) is 228 Å². The van der Waals surface area contributed by atoms with E-state index in [0.29, 0.717) is 0 Å². The Morgan fingerprint density at radius 1 is 0.328 bits per heavy atom. The highest BCUT2D eigenvalue weighted by Crippen LogP contribution is 2.45. The lowest BCUT2D eigenvalue weighted by atomic mass is 9.95. The number of rotatable bonds is 7. The fourth-order valence-corrected chi connectivity index (χ4v) is 9.32. The first kappa shape index (κ1) is 34.9. The van der Waals surface area contributed by atoms with Gasteiger partial charge in [0.2, 0.25) is 0 Å². The van der Waals surface area contributed by atoms with Crippen molar-refractivity contribution < 1.29 is 4.42 Å². The first-order chi connectivity index (χ1) is 30.2. The van der Waals surface area contributed by atoms with Gasteiger partial charge in [-0.05, 0) is 111 Å². The Kier molecular flexibility index (Phi) is 8.17. The molecule has 0 spiro atoms. The molecule has 12 aromatic rings. The molecule has 0 saturated heterocycles. The molecule has 0 amide bonds. The largest absolute Gasteiger partial charge is 0.456 e. The van der Waals surface area contributed by atoms with Gasteiger partial charge in [-0.1, -0.05) is 158 Å². The normalized spacial score (nSPS) is 11.6. The van der Waals surface area contributed by atoms with Crippen LogP contribution in [0.3, 0.4) is 0 Å². The van der Waals surface area contributed by atoms with E-state index in [1.54, 1.807) is 0 Å². The fourth-order valence-electron chi connectivity index (χ4n) is 9.32. The highest BCUT2D eigenvalue weighted by atomic mass is 16.3. The summed E-state index contributed by atoms with van der Waals surface area (Å²) in [5.74, 6) is 0. The van der Waals surface area contributed by atoms with Gasteiger partial charge >= 0.3 is 0 Å². The zero-order valence-electron chi connectivity index (χ0n) is 33.2. The van der Waals surface area contributed by atoms with Crippen molar-refractivity contribution in [3.63, 3.8) is 0 Å². The molecule has 0 atom stereocenters. The lowest BCUT2D eigenvalue weighted by Crippen LogP contribution is -2.11. The lowest BCUT2D eigenvalue weighted by molar-refractivity contribution is 0.669. The summed E-state index contributed by atoms with van der Waals surface area (Å²) >= 11 is 0. The summed E-state index contributed by atoms with van der Waals surface area (Å²) in [6.07, 6.45) is 0. The minimum absolute atomic E-state index is 0.893. The molecule has 10 aromatic carbocycles. The van der Waals surface area contributed by atoms with E-state index in [0.717, 1.165) is 72.3 Å². The predicted molar refractivity (Wildman–Crippen MR) is 257 cm³/mol. The Morgan fingerprint density at radius 2 is 0.885 bits per heavy atom. The van der Waals surface area contributed by atoms with Gasteiger partial charge < -0.3 is 13.9 Å². The molecule has 0 fully saturated rings. The molecular weight excluding hydrogens is 741 g/mol. The van der Waals surface area contributed by atoms with Crippen LogP contribution in [0.5, 0.6) is 0 Å². The third-order valence-corrected chi connectivity index (χ3v) is 12.2. The Morgan fingerprint density at radius 3 is 1.62 bits per heavy atom. The van der Waals surface area contributed by atoms with Crippen molar-refractivity contribution in [1.29, 1.82) is 0 Å². The molecule has 0 N–H and O–H groups in total. The van der Waals surface area contributed by atoms with Gasteiger partial charge in [-0.2, -0.15) is 0 Å². The highest BCUT2D eigenvalue weighted by molar-refractivity contribution is 6.13. The Labute approximate surface area is 353 Å². The first-order valence-electron chi connectivity index (χ1n) is 20.8. The molecule has 3 nitrogen and oxygen atoms in total. The summed E-state index contributed by atoms with van der Waals surface area (Å²) in [6.45, 7) is 0. The summed E-state index contributed by atoms with van der Waals surface area (Å²) in [4.78, 5) is 2.39. The Hall–Kier alpha value is -8.14. The molecule has 0 unspecified atom stereocenters. The second-order valence-corrected chi connectivity index (χ2v) is 15.7. The summed E-state index contributed by atoms with van der Waals surface area (Å²) in [7, 11) is 0. The van der Waals surface area contributed by atoms with E-state index in [9.17, 15) is 0 Å². The number of nitrogens with zero attached hydrogens (tertiary/aromatic N) is 2. The Balaban J connectivity index is 0.987. The maximum absolute atomic E-state index is 6.42. The van der Waals surface area contributed by atoms with Gasteiger partial charge in [-0.15, -0.1) is 0 Å². The molecule has 0 aliphatic heterocycles. The molecule has 12 rings (SSSR count). The van der Waals surface area contributed by atoms with Crippen LogP contribution in [-0.4, -0.2) is 4.57 Å². The van der Waals surface area contributed by atoms with Gasteiger partial charge in [0, 0.05) is 44.2 Å². The summed E-state index contributed by atoms with van der Waals surface area (Å²) in [5, 5.41) is 7.12. The molecule has 2 heterocycles. The van der Waals surface area contributed by atoms with Crippen molar-refractivity contribution in [2.24, 2.45) is 0 Å². The van der Waals surface area contributed by atoms with Gasteiger partial charge in [0.1, 0.15) is 11.2 Å². The van der Waals surface area contributed by atoms with Crippen LogP contribution in [-0.2, 0) is 0 Å². The number of aromatic nitrogens is 1. The average molecular weight is 779 g/mol. The molecule has 3 heteroatoms. The smallest absolute Gasteiger partial charge is 0.136 e. The number of furan rings is 1. The maximum atomic E-state index is 6.42. The number of hydrogen-bond acceptors (Lipinski definition) is 2. The van der Waals surface area contributed by atoms with Gasteiger partial charge in [-0.25, -0.2) is 0 Å². The summed E-state index contributed by atoms with van der Waals surface area (Å²) in [5.41, 5.74) is 15.6. The predicted octanol–water partition coefficient (Wildman–Crippen LogP) is 16.3. The third-order valence-electron chi connectivity index (χ3n) is 12.2. The van der Waals surface area contributed by atoms with Gasteiger partial charge in [0.05, 0.1) is 16.7 Å². The van der Waals surface area contributed by atoms with Crippen LogP contribution in [0.25, 0.3) is 93.6 Å². The minimum Gasteiger partial charge on any atom is -0.456 e. The molecule has 0 radical (unpaired) electrons. The second kappa shape index (κ2) is 14.3. The zero-order valence-corrected chi connectivity index (χ0v) is 33.2. The number of hydrogen-bond donors (Lipinski definition) is 0. The van der Waals surface area contributed by atoms with Crippen LogP contribution in [0.15, 0.2) is 235 Å². The van der Waals surface area contributed by atoms with Crippen molar-refractivity contribution in [3.8, 4) is 39.1 Å². The molecule has 61 heavy (non-hydrogen) atoms. The van der Waals surface area contributed by atoms with E-state index >= 15 is 0 Å². The van der Waals surface area contributed by atoms with Crippen molar-refractivity contribution >= 4 is 71.6 Å². The fraction of sp³-hybridized carbons (Fsp3) is 0. The Bertz CT molecular complexity index is 3520. The van der Waals surface area contributed by atoms with E-state index < -0.39 is 0 Å². The molecule has 0 bridgehead atoms. The molecule has 2 aromatic heterocycles. The third kappa shape index (κ3) is 5.90. The molecule has 0 saturated carbocycles. The lowest BCUT2D eigenvalue weighted by Gasteiger charge is -2.28. The minimum atomic E-state index is 0.893. The summed E-state index contributed by atoms with van der Waals surface area (Å²) in [6, 6.07) is 82.9. The van der Waals surface area contributed by atoms with Gasteiger partial charge in [0.25, 0.3) is 0 Å². The van der Waals surface area contributed by atoms with Crippen LogP contribution >= 0.6 is 0 Å². The average Bonchev–Trinajstić information content (AvgIpc) is 3.87. The summed E-state index contributed by atoms with van der Waals surface area (Å²) < 4.78 is 8.80. The standard InChI is InChI=1S/C58H38N2O/c1-2-14-39(15-3-1)40-28-32-44(33-29-40)59(54-24-8-4-19-48(54)47-23-13-17-43-37-53-51-22-7-11-27-57(51)61-58(53)38-52(43)47)45-34-30-41(31-35-45)42-16-12-18-46(36-42)60-55-25-9-5-20-49(55)50-21-6-10-26-56(50)60/h1-38H. The van der Waals surface area contributed by atoms with Crippen LogP contribution in [0.2, 0.25) is 0 Å². The second-order valence-electron chi connectivity index (χ2n) is 15.7. The highest BCUT2D eigenvalue weighted by Gasteiger charge is 2.20. The quantitative estimate of drug-likeness (QED) is 0.161. The van der Waals surface area contributed by atoms with Gasteiger partial charge in [0.15, 0.2) is 0 Å². The first-order valence-corrected chi connectivity index (χ1v) is 20.8. The maximum Gasteiger partial charge on any atom is 0.136 e. The van der Waals surface area contributed by atoms with Crippen LogP contribution in [0, 0.1) is 0 Å². The number of anilines is 3. The van der Waals surface area contributed by atoms with E-state index in [-0.39, 0.29) is 0 Å². The SMILES string of the molecule is c1ccc(-c2ccc(N(c3ccc(-c4cccc(-n5c6ccccc6c6ccccc65)c4)cc3)c3ccccc3-c3cccc4cc5c(cc34)oc3ccccc35)cc2)cc1. The number of fused-ring (bicyclic) bond motifs is 7. The van der Waals surface area contributed by atoms with Crippen LogP contribution < -0.4 is 4.90 Å². The monoisotopic (exact) mass is 778 g/mol. The number of para-hydroxylation sites is 4. The molecule has 0 aliphatic rings. The van der Waals surface area contributed by atoms with E-state index in [1.807, 2.05) is 12.1 Å². The van der Waals surface area contributed by atoms with Crippen LogP contribution in [0.4, 0.5) is 17.1 Å². The zero-order chi connectivity index (χ0) is 40.3. The van der Waals surface area contributed by atoms with Crippen molar-refractivity contribution in [1.82, 2.24) is 4.57 Å². The van der Waals surface area contributed by atoms with Gasteiger partial charge in [-0.3, -0.25) is 0 Å². The van der Waals surface area contributed by atoms with E-state index in [1.165, 1.54) is 38.3 Å². The molecular formula is C58H38N2O. The van der Waals surface area contributed by atoms with Crippen LogP contribution in [0.1, 0.15) is 0 Å². The topological polar surface area (TPSA) is 21.3 Å².